The number of anilines is 1. The van der Waals surface area contributed by atoms with E-state index >= 15 is 0 Å². The lowest BCUT2D eigenvalue weighted by molar-refractivity contribution is -0.117. The summed E-state index contributed by atoms with van der Waals surface area (Å²) in [7, 11) is 3.76. The Balaban J connectivity index is 1.72. The topological polar surface area (TPSA) is 83.3 Å². The normalized spacial score (nSPS) is 21.5. The Bertz CT molecular complexity index is 685. The van der Waals surface area contributed by atoms with Crippen LogP contribution in [-0.2, 0) is 11.8 Å². The number of aliphatic hydroxyl groups is 1. The molecule has 0 spiro atoms. The molecule has 7 nitrogen and oxygen atoms in total. The van der Waals surface area contributed by atoms with E-state index < -0.39 is 6.10 Å². The number of carbonyl (C=O) groups is 1. The number of hydrogen-bond donors (Lipinski definition) is 2. The van der Waals surface area contributed by atoms with Crippen LogP contribution in [0.2, 0.25) is 0 Å². The van der Waals surface area contributed by atoms with Gasteiger partial charge in [0.05, 0.1) is 11.8 Å². The molecule has 2 atom stereocenters. The van der Waals surface area contributed by atoms with Gasteiger partial charge in [-0.25, -0.2) is 0 Å². The van der Waals surface area contributed by atoms with Gasteiger partial charge in [0.2, 0.25) is 5.91 Å². The van der Waals surface area contributed by atoms with Crippen molar-refractivity contribution in [2.45, 2.75) is 12.5 Å². The number of hydrogen-bond acceptors (Lipinski definition) is 5. The van der Waals surface area contributed by atoms with E-state index in [4.69, 9.17) is 0 Å². The first-order valence-corrected chi connectivity index (χ1v) is 7.63. The van der Waals surface area contributed by atoms with Crippen LogP contribution in [0, 0.1) is 5.92 Å². The largest absolute Gasteiger partial charge is 0.391 e. The van der Waals surface area contributed by atoms with E-state index in [1.54, 1.807) is 23.3 Å². The molecular weight excluding hydrogens is 294 g/mol. The van der Waals surface area contributed by atoms with E-state index in [0.717, 1.165) is 12.1 Å². The van der Waals surface area contributed by atoms with E-state index in [-0.39, 0.29) is 11.8 Å². The van der Waals surface area contributed by atoms with Crippen molar-refractivity contribution in [1.82, 2.24) is 19.7 Å². The number of amides is 1. The zero-order chi connectivity index (χ0) is 16.4. The molecule has 2 N–H and O–H groups in total. The molecule has 3 rings (SSSR count). The van der Waals surface area contributed by atoms with Crippen LogP contribution in [0.3, 0.4) is 0 Å². The summed E-state index contributed by atoms with van der Waals surface area (Å²) >= 11 is 0. The van der Waals surface area contributed by atoms with Crippen LogP contribution in [0.5, 0.6) is 0 Å². The number of β-amino-alcohol motifs (C(OH)–C–C–N with tert-alkyl or cyclic N) is 1. The highest BCUT2D eigenvalue weighted by Crippen LogP contribution is 2.26. The summed E-state index contributed by atoms with van der Waals surface area (Å²) < 4.78 is 1.67. The number of rotatable bonds is 4. The molecule has 0 saturated carbocycles. The first kappa shape index (κ1) is 15.6. The number of carbonyl (C=O) groups excluding carboxylic acids is 1. The highest BCUT2D eigenvalue weighted by molar-refractivity contribution is 5.94. The van der Waals surface area contributed by atoms with Crippen LogP contribution >= 0.6 is 0 Å². The maximum Gasteiger partial charge on any atom is 0.224 e. The van der Waals surface area contributed by atoms with E-state index in [9.17, 15) is 9.90 Å². The Hall–Kier alpha value is -2.25. The minimum atomic E-state index is -0.445. The van der Waals surface area contributed by atoms with Crippen molar-refractivity contribution in [3.63, 3.8) is 0 Å². The lowest BCUT2D eigenvalue weighted by atomic mass is 10.0. The van der Waals surface area contributed by atoms with Crippen molar-refractivity contribution in [3.8, 4) is 11.3 Å². The molecule has 1 aliphatic heterocycles. The van der Waals surface area contributed by atoms with Gasteiger partial charge in [0.25, 0.3) is 0 Å². The van der Waals surface area contributed by atoms with Gasteiger partial charge >= 0.3 is 0 Å². The predicted octanol–water partition coefficient (Wildman–Crippen LogP) is 0.733. The molecule has 0 aliphatic carbocycles. The van der Waals surface area contributed by atoms with Gasteiger partial charge in [-0.3, -0.25) is 14.5 Å². The average molecular weight is 315 g/mol. The summed E-state index contributed by atoms with van der Waals surface area (Å²) in [6, 6.07) is 3.71. The van der Waals surface area contributed by atoms with Crippen LogP contribution < -0.4 is 5.32 Å². The lowest BCUT2D eigenvalue weighted by Crippen LogP contribution is -2.24. The molecule has 0 radical (unpaired) electrons. The minimum absolute atomic E-state index is 0.0268. The Morgan fingerprint density at radius 1 is 1.35 bits per heavy atom. The third kappa shape index (κ3) is 3.57. The molecule has 1 aliphatic rings. The third-order valence-corrected chi connectivity index (χ3v) is 4.09. The summed E-state index contributed by atoms with van der Waals surface area (Å²) in [5, 5.41) is 17.3. The zero-order valence-corrected chi connectivity index (χ0v) is 13.3. The number of aryl methyl sites for hydroxylation is 1. The second-order valence-electron chi connectivity index (χ2n) is 6.10. The summed E-state index contributed by atoms with van der Waals surface area (Å²) in [6.07, 6.45) is 5.03. The van der Waals surface area contributed by atoms with E-state index in [2.05, 4.69) is 15.4 Å². The van der Waals surface area contributed by atoms with Gasteiger partial charge in [0.1, 0.15) is 5.69 Å². The van der Waals surface area contributed by atoms with E-state index in [1.807, 2.05) is 31.1 Å². The number of nitrogens with one attached hydrogen (secondary N) is 1. The van der Waals surface area contributed by atoms with Crippen molar-refractivity contribution in [2.24, 2.45) is 13.0 Å². The Labute approximate surface area is 134 Å². The molecule has 1 amide bonds. The molecule has 23 heavy (non-hydrogen) atoms. The van der Waals surface area contributed by atoms with Gasteiger partial charge in [-0.05, 0) is 19.2 Å². The second kappa shape index (κ2) is 6.47. The number of likely N-dealkylation sites (tertiary alicyclic amines) is 1. The summed E-state index contributed by atoms with van der Waals surface area (Å²) in [5.74, 6) is -0.131. The first-order valence-electron chi connectivity index (χ1n) is 7.63. The zero-order valence-electron chi connectivity index (χ0n) is 13.3. The SMILES string of the molecule is CN1C[C@@H](CC(=O)Nc2cn(C)nc2-c2ccncc2)[C@H](O)C1. The fourth-order valence-corrected chi connectivity index (χ4v) is 3.01. The summed E-state index contributed by atoms with van der Waals surface area (Å²) in [6.45, 7) is 1.35. The molecule has 2 aromatic rings. The van der Waals surface area contributed by atoms with Crippen LogP contribution in [0.25, 0.3) is 11.3 Å². The predicted molar refractivity (Wildman–Crippen MR) is 86.7 cm³/mol. The summed E-state index contributed by atoms with van der Waals surface area (Å²) in [4.78, 5) is 18.4. The van der Waals surface area contributed by atoms with E-state index in [1.165, 1.54) is 0 Å². The van der Waals surface area contributed by atoms with Crippen molar-refractivity contribution < 1.29 is 9.90 Å². The van der Waals surface area contributed by atoms with Crippen molar-refractivity contribution >= 4 is 11.6 Å². The Morgan fingerprint density at radius 3 is 2.74 bits per heavy atom. The van der Waals surface area contributed by atoms with Gasteiger partial charge in [0, 0.05) is 56.6 Å². The molecule has 7 heteroatoms. The molecule has 0 bridgehead atoms. The van der Waals surface area contributed by atoms with Crippen LogP contribution in [0.4, 0.5) is 5.69 Å². The molecule has 2 aromatic heterocycles. The molecular formula is C16H21N5O2. The van der Waals surface area contributed by atoms with Gasteiger partial charge in [0.15, 0.2) is 0 Å². The first-order chi connectivity index (χ1) is 11.0. The van der Waals surface area contributed by atoms with Gasteiger partial charge in [-0.15, -0.1) is 0 Å². The van der Waals surface area contributed by atoms with Crippen molar-refractivity contribution in [2.75, 3.05) is 25.5 Å². The van der Waals surface area contributed by atoms with Crippen LogP contribution in [-0.4, -0.2) is 56.9 Å². The van der Waals surface area contributed by atoms with E-state index in [0.29, 0.717) is 24.3 Å². The van der Waals surface area contributed by atoms with Crippen molar-refractivity contribution in [3.05, 3.63) is 30.7 Å². The molecule has 1 fully saturated rings. The van der Waals surface area contributed by atoms with Crippen molar-refractivity contribution in [1.29, 1.82) is 0 Å². The quantitative estimate of drug-likeness (QED) is 0.869. The highest BCUT2D eigenvalue weighted by atomic mass is 16.3. The molecule has 122 valence electrons. The third-order valence-electron chi connectivity index (χ3n) is 4.09. The molecule has 0 unspecified atom stereocenters. The van der Waals surface area contributed by atoms with Gasteiger partial charge in [-0.1, -0.05) is 0 Å². The summed E-state index contributed by atoms with van der Waals surface area (Å²) in [5.41, 5.74) is 2.29. The maximum absolute atomic E-state index is 12.3. The average Bonchev–Trinajstić information content (AvgIpc) is 3.02. The standard InChI is InChI=1S/C16H21N5O2/c1-20-8-12(14(22)10-20)7-15(23)18-13-9-21(2)19-16(13)11-3-5-17-6-4-11/h3-6,9,12,14,22H,7-8,10H2,1-2H3,(H,18,23)/t12-,14-/m1/s1. The lowest BCUT2D eigenvalue weighted by Gasteiger charge is -2.13. The fourth-order valence-electron chi connectivity index (χ4n) is 3.01. The fraction of sp³-hybridized carbons (Fsp3) is 0.438. The number of aromatic nitrogens is 3. The smallest absolute Gasteiger partial charge is 0.224 e. The second-order valence-corrected chi connectivity index (χ2v) is 6.10. The number of likely N-dealkylation sites (N-methyl/N-ethyl adjacent to an activating group) is 1. The monoisotopic (exact) mass is 315 g/mol. The van der Waals surface area contributed by atoms with Gasteiger partial charge in [-0.2, -0.15) is 5.10 Å². The number of nitrogens with zero attached hydrogens (tertiary/aromatic N) is 4. The molecule has 1 saturated heterocycles. The van der Waals surface area contributed by atoms with Crippen LogP contribution in [0.1, 0.15) is 6.42 Å². The Morgan fingerprint density at radius 2 is 2.09 bits per heavy atom. The molecule has 0 aromatic carbocycles. The highest BCUT2D eigenvalue weighted by Gasteiger charge is 2.31. The Kier molecular flexibility index (Phi) is 4.40. The molecule has 3 heterocycles. The number of aliphatic hydroxyl groups excluding tert-OH is 1. The van der Waals surface area contributed by atoms with Gasteiger partial charge < -0.3 is 15.3 Å². The maximum atomic E-state index is 12.3. The van der Waals surface area contributed by atoms with Crippen LogP contribution in [0.15, 0.2) is 30.7 Å². The number of pyridine rings is 1. The minimum Gasteiger partial charge on any atom is -0.391 e.